The van der Waals surface area contributed by atoms with Crippen LogP contribution in [0.2, 0.25) is 5.02 Å². The topological polar surface area (TPSA) is 81.8 Å². The lowest BCUT2D eigenvalue weighted by Crippen LogP contribution is -2.25. The van der Waals surface area contributed by atoms with Crippen LogP contribution in [0.15, 0.2) is 53.0 Å². The summed E-state index contributed by atoms with van der Waals surface area (Å²) in [5, 5.41) is -0.413. The van der Waals surface area contributed by atoms with Crippen LogP contribution in [0.5, 0.6) is 0 Å². The number of carbonyl (C=O) groups excluding carboxylic acids is 2. The summed E-state index contributed by atoms with van der Waals surface area (Å²) in [5.41, 5.74) is 4.62. The molecular weight excluding hydrogens is 464 g/mol. The van der Waals surface area contributed by atoms with Crippen LogP contribution in [0.3, 0.4) is 0 Å². The van der Waals surface area contributed by atoms with E-state index in [1.807, 2.05) is 0 Å². The molecule has 1 fully saturated rings. The number of carbonyl (C=O) groups is 2. The highest BCUT2D eigenvalue weighted by Gasteiger charge is 2.37. The molecule has 3 rings (SSSR count). The lowest BCUT2D eigenvalue weighted by atomic mass is 9.87. The van der Waals surface area contributed by atoms with E-state index >= 15 is 0 Å². The Morgan fingerprint density at radius 3 is 2.36 bits per heavy atom. The second-order valence-electron chi connectivity index (χ2n) is 7.28. The third-order valence-electron chi connectivity index (χ3n) is 5.17. The number of rotatable bonds is 3. The minimum Gasteiger partial charge on any atom is -0.465 e. The van der Waals surface area contributed by atoms with Crippen molar-refractivity contribution >= 4 is 34.9 Å². The van der Waals surface area contributed by atoms with Gasteiger partial charge in [-0.15, -0.1) is 0 Å². The molecular formula is C23H19ClF4N2O3. The van der Waals surface area contributed by atoms with Crippen molar-refractivity contribution in [2.75, 3.05) is 7.11 Å². The van der Waals surface area contributed by atoms with Gasteiger partial charge in [-0.3, -0.25) is 4.79 Å². The number of nitrogens with two attached hydrogens (primary N) is 1. The number of methoxy groups -OCH3 is 1. The maximum atomic E-state index is 14.9. The van der Waals surface area contributed by atoms with Crippen molar-refractivity contribution in [2.45, 2.75) is 31.6 Å². The Balaban J connectivity index is 2.07. The van der Waals surface area contributed by atoms with Gasteiger partial charge in [0.05, 0.1) is 34.5 Å². The number of hydrogen-bond donors (Lipinski definition) is 1. The maximum absolute atomic E-state index is 14.9. The molecule has 1 atom stereocenters. The molecule has 1 aliphatic carbocycles. The predicted molar refractivity (Wildman–Crippen MR) is 116 cm³/mol. The summed E-state index contributed by atoms with van der Waals surface area (Å²) in [6, 6.07) is 8.78. The van der Waals surface area contributed by atoms with E-state index in [-0.39, 0.29) is 35.4 Å². The van der Waals surface area contributed by atoms with E-state index in [9.17, 15) is 27.2 Å². The van der Waals surface area contributed by atoms with Gasteiger partial charge in [-0.05, 0) is 49.1 Å². The van der Waals surface area contributed by atoms with Crippen LogP contribution in [0.1, 0.15) is 51.1 Å². The Bertz CT molecular complexity index is 1140. The summed E-state index contributed by atoms with van der Waals surface area (Å²) >= 11 is 5.89. The lowest BCUT2D eigenvalue weighted by molar-refractivity contribution is -0.137. The van der Waals surface area contributed by atoms with E-state index in [1.165, 1.54) is 31.4 Å². The third-order valence-corrected chi connectivity index (χ3v) is 5.49. The Kier molecular flexibility index (Phi) is 7.22. The SMILES string of the molecule is COC(=O)c1ccc(C(N)=C2C(=NC(=O)c3c(Cl)cccc3C(F)(F)F)CCCC2F)cc1. The molecule has 2 N–H and O–H groups in total. The number of amides is 1. The maximum Gasteiger partial charge on any atom is 0.417 e. The number of nitrogens with zero attached hydrogens (tertiary/aromatic N) is 1. The van der Waals surface area contributed by atoms with Gasteiger partial charge in [-0.25, -0.2) is 14.2 Å². The number of alkyl halides is 4. The van der Waals surface area contributed by atoms with E-state index in [2.05, 4.69) is 9.73 Å². The van der Waals surface area contributed by atoms with E-state index < -0.39 is 40.4 Å². The standard InChI is InChI=1S/C23H19ClF4N2O3/c1-33-22(32)13-10-8-12(9-11-13)20(29)19-16(25)6-3-7-17(19)30-21(31)18-14(23(26,27)28)4-2-5-15(18)24/h2,4-5,8-11,16H,3,6-7,29H2,1H3. The number of ether oxygens (including phenoxy) is 1. The van der Waals surface area contributed by atoms with Crippen LogP contribution in [0, 0.1) is 0 Å². The van der Waals surface area contributed by atoms with Crippen molar-refractivity contribution < 1.29 is 31.9 Å². The fourth-order valence-electron chi connectivity index (χ4n) is 3.56. The van der Waals surface area contributed by atoms with E-state index in [4.69, 9.17) is 17.3 Å². The molecule has 0 spiro atoms. The zero-order chi connectivity index (χ0) is 24.3. The van der Waals surface area contributed by atoms with Crippen LogP contribution in [-0.4, -0.2) is 30.9 Å². The Hall–Kier alpha value is -3.20. The quantitative estimate of drug-likeness (QED) is 0.455. The van der Waals surface area contributed by atoms with Crippen LogP contribution in [0.4, 0.5) is 17.6 Å². The number of allylic oxidation sites excluding steroid dienone is 1. The van der Waals surface area contributed by atoms with Gasteiger partial charge in [0.1, 0.15) is 6.17 Å². The molecule has 33 heavy (non-hydrogen) atoms. The van der Waals surface area contributed by atoms with Crippen molar-refractivity contribution in [3.8, 4) is 0 Å². The van der Waals surface area contributed by atoms with Crippen molar-refractivity contribution in [2.24, 2.45) is 10.7 Å². The number of halogens is 5. The van der Waals surface area contributed by atoms with Crippen molar-refractivity contribution in [3.63, 3.8) is 0 Å². The first kappa shape index (κ1) is 24.4. The molecule has 2 aromatic rings. The van der Waals surface area contributed by atoms with Crippen LogP contribution < -0.4 is 5.73 Å². The largest absolute Gasteiger partial charge is 0.465 e. The summed E-state index contributed by atoms with van der Waals surface area (Å²) in [4.78, 5) is 28.2. The molecule has 174 valence electrons. The van der Waals surface area contributed by atoms with E-state index in [1.54, 1.807) is 0 Å². The normalized spacial score (nSPS) is 19.3. The van der Waals surface area contributed by atoms with E-state index in [0.717, 1.165) is 18.2 Å². The number of benzene rings is 2. The first-order valence-electron chi connectivity index (χ1n) is 9.85. The van der Waals surface area contributed by atoms with Crippen LogP contribution in [-0.2, 0) is 10.9 Å². The molecule has 0 saturated heterocycles. The van der Waals surface area contributed by atoms with Gasteiger partial charge >= 0.3 is 12.1 Å². The fourth-order valence-corrected chi connectivity index (χ4v) is 3.82. The number of hydrogen-bond acceptors (Lipinski definition) is 4. The molecule has 1 amide bonds. The van der Waals surface area contributed by atoms with E-state index in [0.29, 0.717) is 12.0 Å². The second kappa shape index (κ2) is 9.74. The molecule has 1 aliphatic rings. The van der Waals surface area contributed by atoms with Crippen molar-refractivity contribution in [3.05, 3.63) is 75.3 Å². The molecule has 2 aromatic carbocycles. The molecule has 10 heteroatoms. The van der Waals surface area contributed by atoms with Gasteiger partial charge in [0.15, 0.2) is 0 Å². The monoisotopic (exact) mass is 482 g/mol. The summed E-state index contributed by atoms with van der Waals surface area (Å²) < 4.78 is 59.7. The predicted octanol–water partition coefficient (Wildman–Crippen LogP) is 5.62. The van der Waals surface area contributed by atoms with Gasteiger partial charge in [0.25, 0.3) is 5.91 Å². The zero-order valence-electron chi connectivity index (χ0n) is 17.4. The zero-order valence-corrected chi connectivity index (χ0v) is 18.1. The molecule has 0 aliphatic heterocycles. The number of esters is 1. The first-order valence-corrected chi connectivity index (χ1v) is 10.2. The average molecular weight is 483 g/mol. The average Bonchev–Trinajstić information content (AvgIpc) is 2.77. The molecule has 0 heterocycles. The Morgan fingerprint density at radius 2 is 1.76 bits per heavy atom. The van der Waals surface area contributed by atoms with Gasteiger partial charge in [-0.2, -0.15) is 13.2 Å². The molecule has 0 aromatic heterocycles. The number of aliphatic imine (C=N–C) groups is 1. The highest BCUT2D eigenvalue weighted by molar-refractivity contribution is 6.34. The van der Waals surface area contributed by atoms with Gasteiger partial charge in [-0.1, -0.05) is 29.8 Å². The molecule has 1 saturated carbocycles. The van der Waals surface area contributed by atoms with Crippen molar-refractivity contribution in [1.82, 2.24) is 0 Å². The molecule has 1 unspecified atom stereocenters. The Labute approximate surface area is 191 Å². The smallest absolute Gasteiger partial charge is 0.417 e. The first-order chi connectivity index (χ1) is 15.5. The molecule has 0 bridgehead atoms. The highest BCUT2D eigenvalue weighted by atomic mass is 35.5. The minimum absolute atomic E-state index is 0.0274. The van der Waals surface area contributed by atoms with Crippen LogP contribution >= 0.6 is 11.6 Å². The molecule has 5 nitrogen and oxygen atoms in total. The van der Waals surface area contributed by atoms with Gasteiger partial charge in [0, 0.05) is 11.3 Å². The second-order valence-corrected chi connectivity index (χ2v) is 7.69. The molecule has 0 radical (unpaired) electrons. The summed E-state index contributed by atoms with van der Waals surface area (Å²) in [6.07, 6.45) is -5.80. The fraction of sp³-hybridized carbons (Fsp3) is 0.261. The minimum atomic E-state index is -4.83. The Morgan fingerprint density at radius 1 is 1.12 bits per heavy atom. The van der Waals surface area contributed by atoms with Gasteiger partial charge in [0.2, 0.25) is 0 Å². The summed E-state index contributed by atoms with van der Waals surface area (Å²) in [6.45, 7) is 0. The summed E-state index contributed by atoms with van der Waals surface area (Å²) in [7, 11) is 1.23. The summed E-state index contributed by atoms with van der Waals surface area (Å²) in [5.74, 6) is -1.80. The lowest BCUT2D eigenvalue weighted by Gasteiger charge is -2.23. The highest BCUT2D eigenvalue weighted by Crippen LogP contribution is 2.36. The van der Waals surface area contributed by atoms with Crippen LogP contribution in [0.25, 0.3) is 5.70 Å². The van der Waals surface area contributed by atoms with Gasteiger partial charge < -0.3 is 10.5 Å². The third kappa shape index (κ3) is 5.24. The van der Waals surface area contributed by atoms with Crippen molar-refractivity contribution in [1.29, 1.82) is 0 Å².